The minimum absolute atomic E-state index is 0.00224. The number of unbranched alkanes of at least 4 members (excludes halogenated alkanes) is 3. The lowest BCUT2D eigenvalue weighted by atomic mass is 9.96. The SMILES string of the molecule is O=C(CCCCCCC(=O)ON1C(=O)CCC1=O)NCCO[C@@H]1O[C@H](COC2O[C@H](CO)[C@@H](O)[C@H](O)[C@@H]2O)[C@@H](O)[C@H](O[C@H]2O[C@H](CO)[C@@H](O)[C@H](O)[C@@H]2O)[C@@H]1O. The number of hydrogen-bond donors (Lipinski definition) is 11. The lowest BCUT2D eigenvalue weighted by Crippen LogP contribution is -2.65. The fourth-order valence-electron chi connectivity index (χ4n) is 6.24. The summed E-state index contributed by atoms with van der Waals surface area (Å²) in [6.07, 6.45) is -23.1. The van der Waals surface area contributed by atoms with Crippen LogP contribution in [0.15, 0.2) is 0 Å². The summed E-state index contributed by atoms with van der Waals surface area (Å²) in [4.78, 5) is 52.1. The van der Waals surface area contributed by atoms with Gasteiger partial charge in [0.2, 0.25) is 5.91 Å². The molecule has 11 N–H and O–H groups in total. The van der Waals surface area contributed by atoms with Gasteiger partial charge in [0.25, 0.3) is 11.8 Å². The fraction of sp³-hybridized carbons (Fsp3) is 0.875. The van der Waals surface area contributed by atoms with E-state index in [9.17, 15) is 70.2 Å². The lowest BCUT2D eigenvalue weighted by molar-refractivity contribution is -0.366. The van der Waals surface area contributed by atoms with Crippen LogP contribution in [0.5, 0.6) is 0 Å². The van der Waals surface area contributed by atoms with Gasteiger partial charge in [-0.1, -0.05) is 12.8 Å². The molecule has 0 spiro atoms. The summed E-state index contributed by atoms with van der Waals surface area (Å²) in [5.74, 6) is -2.18. The summed E-state index contributed by atoms with van der Waals surface area (Å²) in [6.45, 7) is -2.49. The highest BCUT2D eigenvalue weighted by molar-refractivity contribution is 6.01. The molecule has 1 unspecified atom stereocenters. The Morgan fingerprint density at radius 3 is 1.76 bits per heavy atom. The summed E-state index contributed by atoms with van der Waals surface area (Å²) >= 11 is 0. The highest BCUT2D eigenvalue weighted by atomic mass is 16.8. The van der Waals surface area contributed by atoms with Gasteiger partial charge in [-0.2, -0.15) is 0 Å². The molecule has 4 rings (SSSR count). The van der Waals surface area contributed by atoms with Crippen LogP contribution in [0.3, 0.4) is 0 Å². The second kappa shape index (κ2) is 21.3. The van der Waals surface area contributed by atoms with Gasteiger partial charge < -0.3 is 89.6 Å². The Morgan fingerprint density at radius 1 is 0.636 bits per heavy atom. The molecular weight excluding hydrogens is 748 g/mol. The molecule has 23 nitrogen and oxygen atoms in total. The van der Waals surface area contributed by atoms with Crippen molar-refractivity contribution in [3.8, 4) is 0 Å². The monoisotopic (exact) mass is 800 g/mol. The Balaban J connectivity index is 1.26. The number of aliphatic hydroxyl groups is 10. The first kappa shape index (κ1) is 45.1. The molecule has 55 heavy (non-hydrogen) atoms. The predicted molar refractivity (Wildman–Crippen MR) is 173 cm³/mol. The van der Waals surface area contributed by atoms with E-state index < -0.39 is 130 Å². The van der Waals surface area contributed by atoms with Crippen molar-refractivity contribution >= 4 is 23.7 Å². The van der Waals surface area contributed by atoms with Crippen LogP contribution in [0, 0.1) is 0 Å². The maximum atomic E-state index is 12.4. The standard InChI is InChI=1S/C32H52N2O21/c35-11-14-21(41)24(44)26(46)30(51-14)50-13-16-23(43)29(54-32-27(47)25(45)22(42)15(12-36)52-32)28(48)31(53-16)49-10-9-33-17(37)5-3-1-2-4-6-20(40)55-34-18(38)7-8-19(34)39/h14-16,21-32,35-36,41-48H,1-13H2,(H,33,37)/t14-,15-,16-,21-,22-,23-,24+,25+,26+,27+,28+,29+,30?,31-,32-/m1/s1. The molecule has 0 aromatic carbocycles. The summed E-state index contributed by atoms with van der Waals surface area (Å²) in [5, 5.41) is 106. The molecular formula is C32H52N2O21. The minimum Gasteiger partial charge on any atom is -0.394 e. The van der Waals surface area contributed by atoms with Crippen molar-refractivity contribution in [3.63, 3.8) is 0 Å². The third kappa shape index (κ3) is 11.8. The molecule has 0 aromatic rings. The molecule has 0 bridgehead atoms. The molecule has 3 amide bonds. The van der Waals surface area contributed by atoms with Gasteiger partial charge in [-0.3, -0.25) is 14.4 Å². The average Bonchev–Trinajstić information content (AvgIpc) is 3.48. The highest BCUT2D eigenvalue weighted by Crippen LogP contribution is 2.31. The van der Waals surface area contributed by atoms with Gasteiger partial charge in [-0.05, 0) is 12.8 Å². The van der Waals surface area contributed by atoms with Crippen LogP contribution in [0.4, 0.5) is 0 Å². The third-order valence-electron chi connectivity index (χ3n) is 9.49. The molecule has 0 aromatic heterocycles. The number of nitrogens with one attached hydrogen (secondary N) is 1. The minimum atomic E-state index is -1.91. The second-order valence-electron chi connectivity index (χ2n) is 13.5. The Morgan fingerprint density at radius 2 is 1.16 bits per heavy atom. The van der Waals surface area contributed by atoms with Gasteiger partial charge >= 0.3 is 5.97 Å². The van der Waals surface area contributed by atoms with E-state index in [2.05, 4.69) is 5.32 Å². The van der Waals surface area contributed by atoms with Gasteiger partial charge in [-0.15, -0.1) is 5.06 Å². The maximum Gasteiger partial charge on any atom is 0.333 e. The zero-order chi connectivity index (χ0) is 40.4. The van der Waals surface area contributed by atoms with Gasteiger partial charge in [0, 0.05) is 32.2 Å². The van der Waals surface area contributed by atoms with E-state index in [1.165, 1.54) is 0 Å². The number of imide groups is 1. The number of carbonyl (C=O) groups excluding carboxylic acids is 4. The molecule has 4 aliphatic heterocycles. The molecule has 4 fully saturated rings. The fourth-order valence-corrected chi connectivity index (χ4v) is 6.24. The van der Waals surface area contributed by atoms with Gasteiger partial charge in [0.1, 0.15) is 73.2 Å². The first-order valence-electron chi connectivity index (χ1n) is 18.0. The smallest absolute Gasteiger partial charge is 0.333 e. The summed E-state index contributed by atoms with van der Waals surface area (Å²) < 4.78 is 33.1. The van der Waals surface area contributed by atoms with E-state index in [0.29, 0.717) is 30.7 Å². The van der Waals surface area contributed by atoms with Crippen molar-refractivity contribution < 1.29 is 104 Å². The zero-order valence-corrected chi connectivity index (χ0v) is 29.8. The molecule has 4 heterocycles. The number of nitrogens with zero attached hydrogens (tertiary/aromatic N) is 1. The largest absolute Gasteiger partial charge is 0.394 e. The average molecular weight is 801 g/mol. The molecule has 0 saturated carbocycles. The van der Waals surface area contributed by atoms with Crippen LogP contribution in [-0.2, 0) is 52.4 Å². The Bertz CT molecular complexity index is 1240. The predicted octanol–water partition coefficient (Wildman–Crippen LogP) is -6.48. The van der Waals surface area contributed by atoms with E-state index in [4.69, 9.17) is 33.3 Å². The molecule has 0 radical (unpaired) electrons. The van der Waals surface area contributed by atoms with Crippen LogP contribution in [0.2, 0.25) is 0 Å². The molecule has 23 heteroatoms. The van der Waals surface area contributed by atoms with Crippen LogP contribution in [0.25, 0.3) is 0 Å². The summed E-state index contributed by atoms with van der Waals surface area (Å²) in [6, 6.07) is 0. The second-order valence-corrected chi connectivity index (χ2v) is 13.5. The van der Waals surface area contributed by atoms with Crippen molar-refractivity contribution in [1.82, 2.24) is 10.4 Å². The number of hydroxylamine groups is 2. The van der Waals surface area contributed by atoms with E-state index in [-0.39, 0.29) is 44.7 Å². The number of carbonyl (C=O) groups is 4. The lowest BCUT2D eigenvalue weighted by Gasteiger charge is -2.46. The van der Waals surface area contributed by atoms with E-state index in [1.54, 1.807) is 0 Å². The van der Waals surface area contributed by atoms with Crippen molar-refractivity contribution in [2.75, 3.05) is 33.0 Å². The molecule has 0 aliphatic carbocycles. The quantitative estimate of drug-likeness (QED) is 0.0427. The Hall–Kier alpha value is -2.56. The molecule has 316 valence electrons. The third-order valence-corrected chi connectivity index (χ3v) is 9.49. The molecule has 4 aliphatic rings. The van der Waals surface area contributed by atoms with E-state index >= 15 is 0 Å². The van der Waals surface area contributed by atoms with Crippen LogP contribution < -0.4 is 5.32 Å². The van der Waals surface area contributed by atoms with Gasteiger partial charge in [-0.25, -0.2) is 4.79 Å². The maximum absolute atomic E-state index is 12.4. The van der Waals surface area contributed by atoms with Crippen molar-refractivity contribution in [3.05, 3.63) is 0 Å². The first-order valence-corrected chi connectivity index (χ1v) is 18.0. The van der Waals surface area contributed by atoms with E-state index in [0.717, 1.165) is 0 Å². The first-order chi connectivity index (χ1) is 26.2. The van der Waals surface area contributed by atoms with E-state index in [1.807, 2.05) is 0 Å². The van der Waals surface area contributed by atoms with Crippen LogP contribution in [-0.4, -0.2) is 205 Å². The highest BCUT2D eigenvalue weighted by Gasteiger charge is 2.52. The topological polar surface area (TPSA) is 350 Å². The van der Waals surface area contributed by atoms with Crippen LogP contribution in [0.1, 0.15) is 51.4 Å². The van der Waals surface area contributed by atoms with Crippen molar-refractivity contribution in [2.45, 2.75) is 143 Å². The van der Waals surface area contributed by atoms with Gasteiger partial charge in [0.15, 0.2) is 18.9 Å². The normalized spacial score (nSPS) is 38.3. The summed E-state index contributed by atoms with van der Waals surface area (Å²) in [7, 11) is 0. The number of ether oxygens (including phenoxy) is 6. The summed E-state index contributed by atoms with van der Waals surface area (Å²) in [5.41, 5.74) is 0. The Labute approximate surface area is 314 Å². The van der Waals surface area contributed by atoms with Crippen molar-refractivity contribution in [2.24, 2.45) is 0 Å². The zero-order valence-electron chi connectivity index (χ0n) is 29.8. The Kier molecular flexibility index (Phi) is 17.5. The number of rotatable bonds is 19. The number of amides is 3. The number of hydrogen-bond acceptors (Lipinski definition) is 21. The number of aliphatic hydroxyl groups excluding tert-OH is 10. The molecule has 4 saturated heterocycles. The van der Waals surface area contributed by atoms with Crippen LogP contribution >= 0.6 is 0 Å². The molecule has 15 atom stereocenters. The van der Waals surface area contributed by atoms with Gasteiger partial charge in [0.05, 0.1) is 26.4 Å². The van der Waals surface area contributed by atoms with Crippen molar-refractivity contribution in [1.29, 1.82) is 0 Å².